The molecule has 2 aromatic carbocycles. The van der Waals surface area contributed by atoms with E-state index in [9.17, 15) is 0 Å². The summed E-state index contributed by atoms with van der Waals surface area (Å²) >= 11 is 0. The molecule has 21 heavy (non-hydrogen) atoms. The van der Waals surface area contributed by atoms with Crippen molar-refractivity contribution in [2.45, 2.75) is 13.3 Å². The van der Waals surface area contributed by atoms with Crippen molar-refractivity contribution < 1.29 is 4.74 Å². The number of anilines is 1. The van der Waals surface area contributed by atoms with Crippen LogP contribution in [0.4, 0.5) is 5.69 Å². The SMILES string of the molecule is Cc1cc2ccccc2nc1OCCc1ccccc1N. The second-order valence-corrected chi connectivity index (χ2v) is 5.10. The van der Waals surface area contributed by atoms with Crippen molar-refractivity contribution in [3.63, 3.8) is 0 Å². The minimum Gasteiger partial charge on any atom is -0.477 e. The van der Waals surface area contributed by atoms with Crippen molar-refractivity contribution in [2.75, 3.05) is 12.3 Å². The molecule has 106 valence electrons. The molecule has 1 heterocycles. The van der Waals surface area contributed by atoms with Gasteiger partial charge >= 0.3 is 0 Å². The number of hydrogen-bond donors (Lipinski definition) is 1. The number of ether oxygens (including phenoxy) is 1. The average molecular weight is 278 g/mol. The van der Waals surface area contributed by atoms with E-state index in [0.29, 0.717) is 12.5 Å². The van der Waals surface area contributed by atoms with E-state index in [1.54, 1.807) is 0 Å². The molecule has 0 unspecified atom stereocenters. The number of nitrogens with two attached hydrogens (primary N) is 1. The molecule has 0 radical (unpaired) electrons. The maximum absolute atomic E-state index is 5.93. The minimum absolute atomic E-state index is 0.570. The Morgan fingerprint density at radius 3 is 2.67 bits per heavy atom. The third kappa shape index (κ3) is 2.97. The van der Waals surface area contributed by atoms with E-state index >= 15 is 0 Å². The van der Waals surface area contributed by atoms with Crippen LogP contribution in [0.1, 0.15) is 11.1 Å². The van der Waals surface area contributed by atoms with Crippen LogP contribution in [0.25, 0.3) is 10.9 Å². The van der Waals surface area contributed by atoms with Gasteiger partial charge < -0.3 is 10.5 Å². The quantitative estimate of drug-likeness (QED) is 0.739. The summed E-state index contributed by atoms with van der Waals surface area (Å²) in [5.41, 5.74) is 9.86. The Balaban J connectivity index is 1.73. The normalized spacial score (nSPS) is 10.7. The second-order valence-electron chi connectivity index (χ2n) is 5.10. The average Bonchev–Trinajstić information content (AvgIpc) is 2.49. The van der Waals surface area contributed by atoms with E-state index in [2.05, 4.69) is 17.1 Å². The highest BCUT2D eigenvalue weighted by Crippen LogP contribution is 2.21. The van der Waals surface area contributed by atoms with Gasteiger partial charge in [-0.15, -0.1) is 0 Å². The van der Waals surface area contributed by atoms with E-state index in [1.807, 2.05) is 49.4 Å². The van der Waals surface area contributed by atoms with Crippen LogP contribution in [0.2, 0.25) is 0 Å². The fraction of sp³-hybridized carbons (Fsp3) is 0.167. The molecule has 3 heteroatoms. The van der Waals surface area contributed by atoms with Gasteiger partial charge in [-0.05, 0) is 30.7 Å². The van der Waals surface area contributed by atoms with Crippen LogP contribution in [0.5, 0.6) is 5.88 Å². The number of aryl methyl sites for hydroxylation is 1. The van der Waals surface area contributed by atoms with E-state index in [0.717, 1.165) is 34.1 Å². The molecule has 0 aliphatic carbocycles. The van der Waals surface area contributed by atoms with Crippen LogP contribution < -0.4 is 10.5 Å². The Labute approximate surface area is 124 Å². The topological polar surface area (TPSA) is 48.1 Å². The second kappa shape index (κ2) is 5.83. The lowest BCUT2D eigenvalue weighted by atomic mass is 10.1. The summed E-state index contributed by atoms with van der Waals surface area (Å²) in [4.78, 5) is 4.57. The molecule has 0 saturated heterocycles. The molecule has 3 aromatic rings. The van der Waals surface area contributed by atoms with Gasteiger partial charge in [0.25, 0.3) is 0 Å². The summed E-state index contributed by atoms with van der Waals surface area (Å²) in [6.07, 6.45) is 0.778. The summed E-state index contributed by atoms with van der Waals surface area (Å²) in [6.45, 7) is 2.59. The molecular weight excluding hydrogens is 260 g/mol. The van der Waals surface area contributed by atoms with Gasteiger partial charge in [-0.2, -0.15) is 0 Å². The Morgan fingerprint density at radius 1 is 1.05 bits per heavy atom. The van der Waals surface area contributed by atoms with E-state index < -0.39 is 0 Å². The monoisotopic (exact) mass is 278 g/mol. The zero-order valence-corrected chi connectivity index (χ0v) is 12.0. The summed E-state index contributed by atoms with van der Waals surface area (Å²) in [7, 11) is 0. The van der Waals surface area contributed by atoms with Crippen LogP contribution in [-0.2, 0) is 6.42 Å². The first-order valence-corrected chi connectivity index (χ1v) is 7.06. The number of para-hydroxylation sites is 2. The van der Waals surface area contributed by atoms with Crippen molar-refractivity contribution in [2.24, 2.45) is 0 Å². The smallest absolute Gasteiger partial charge is 0.216 e. The molecule has 0 amide bonds. The highest BCUT2D eigenvalue weighted by Gasteiger charge is 2.05. The minimum atomic E-state index is 0.570. The lowest BCUT2D eigenvalue weighted by Crippen LogP contribution is -2.05. The van der Waals surface area contributed by atoms with Gasteiger partial charge in [-0.25, -0.2) is 4.98 Å². The van der Waals surface area contributed by atoms with Crippen molar-refractivity contribution in [3.8, 4) is 5.88 Å². The molecule has 1 aromatic heterocycles. The first kappa shape index (κ1) is 13.4. The Morgan fingerprint density at radius 2 is 1.81 bits per heavy atom. The zero-order valence-electron chi connectivity index (χ0n) is 12.0. The fourth-order valence-electron chi connectivity index (χ4n) is 2.37. The van der Waals surface area contributed by atoms with Gasteiger partial charge in [0.05, 0.1) is 12.1 Å². The fourth-order valence-corrected chi connectivity index (χ4v) is 2.37. The van der Waals surface area contributed by atoms with Gasteiger partial charge in [0, 0.05) is 23.1 Å². The van der Waals surface area contributed by atoms with Crippen LogP contribution >= 0.6 is 0 Å². The first-order chi connectivity index (χ1) is 10.2. The van der Waals surface area contributed by atoms with E-state index in [4.69, 9.17) is 10.5 Å². The number of nitrogens with zero attached hydrogens (tertiary/aromatic N) is 1. The largest absolute Gasteiger partial charge is 0.477 e. The molecular formula is C18H18N2O. The van der Waals surface area contributed by atoms with E-state index in [1.165, 1.54) is 0 Å². The lowest BCUT2D eigenvalue weighted by molar-refractivity contribution is 0.308. The zero-order chi connectivity index (χ0) is 14.7. The van der Waals surface area contributed by atoms with Gasteiger partial charge in [-0.1, -0.05) is 36.4 Å². The van der Waals surface area contributed by atoms with Gasteiger partial charge in [0.1, 0.15) is 0 Å². The molecule has 0 atom stereocenters. The van der Waals surface area contributed by atoms with Crippen LogP contribution in [0.3, 0.4) is 0 Å². The van der Waals surface area contributed by atoms with Crippen molar-refractivity contribution in [3.05, 3.63) is 65.7 Å². The number of rotatable bonds is 4. The Kier molecular flexibility index (Phi) is 3.73. The molecule has 0 bridgehead atoms. The molecule has 0 spiro atoms. The van der Waals surface area contributed by atoms with Crippen molar-refractivity contribution in [1.29, 1.82) is 0 Å². The predicted octanol–water partition coefficient (Wildman–Crippen LogP) is 3.75. The van der Waals surface area contributed by atoms with Crippen molar-refractivity contribution >= 4 is 16.6 Å². The number of pyridine rings is 1. The molecule has 0 aliphatic rings. The number of fused-ring (bicyclic) bond motifs is 1. The third-order valence-corrected chi connectivity index (χ3v) is 3.53. The summed E-state index contributed by atoms with van der Waals surface area (Å²) in [6, 6.07) is 18.0. The number of nitrogen functional groups attached to an aromatic ring is 1. The van der Waals surface area contributed by atoms with Gasteiger partial charge in [-0.3, -0.25) is 0 Å². The lowest BCUT2D eigenvalue weighted by Gasteiger charge is -2.10. The Bertz CT molecular complexity index is 768. The standard InChI is InChI=1S/C18H18N2O/c1-13-12-15-7-3-5-9-17(15)20-18(13)21-11-10-14-6-2-4-8-16(14)19/h2-9,12H,10-11,19H2,1H3. The van der Waals surface area contributed by atoms with Gasteiger partial charge in [0.2, 0.25) is 5.88 Å². The number of hydrogen-bond acceptors (Lipinski definition) is 3. The van der Waals surface area contributed by atoms with Crippen LogP contribution in [0, 0.1) is 6.92 Å². The van der Waals surface area contributed by atoms with Crippen molar-refractivity contribution in [1.82, 2.24) is 4.98 Å². The Hall–Kier alpha value is -2.55. The predicted molar refractivity (Wildman–Crippen MR) is 86.5 cm³/mol. The van der Waals surface area contributed by atoms with E-state index in [-0.39, 0.29) is 0 Å². The molecule has 0 fully saturated rings. The first-order valence-electron chi connectivity index (χ1n) is 7.06. The molecule has 3 rings (SSSR count). The highest BCUT2D eigenvalue weighted by molar-refractivity contribution is 5.79. The maximum Gasteiger partial charge on any atom is 0.216 e. The van der Waals surface area contributed by atoms with Gasteiger partial charge in [0.15, 0.2) is 0 Å². The number of aromatic nitrogens is 1. The maximum atomic E-state index is 5.93. The molecule has 0 saturated carbocycles. The molecule has 2 N–H and O–H groups in total. The molecule has 3 nitrogen and oxygen atoms in total. The summed E-state index contributed by atoms with van der Waals surface area (Å²) < 4.78 is 5.84. The van der Waals surface area contributed by atoms with Crippen LogP contribution in [0.15, 0.2) is 54.6 Å². The number of benzene rings is 2. The van der Waals surface area contributed by atoms with Crippen LogP contribution in [-0.4, -0.2) is 11.6 Å². The summed E-state index contributed by atoms with van der Waals surface area (Å²) in [5.74, 6) is 0.697. The summed E-state index contributed by atoms with van der Waals surface area (Å²) in [5, 5.41) is 1.13. The third-order valence-electron chi connectivity index (χ3n) is 3.53. The highest BCUT2D eigenvalue weighted by atomic mass is 16.5. The molecule has 0 aliphatic heterocycles.